The van der Waals surface area contributed by atoms with E-state index in [0.29, 0.717) is 5.76 Å². The molecule has 1 heterocycles. The minimum absolute atomic E-state index is 0.158. The molecule has 21 heavy (non-hydrogen) atoms. The molecule has 5 heteroatoms. The van der Waals surface area contributed by atoms with Crippen molar-refractivity contribution in [2.75, 3.05) is 6.61 Å². The van der Waals surface area contributed by atoms with E-state index < -0.39 is 0 Å². The van der Waals surface area contributed by atoms with Crippen molar-refractivity contribution in [3.8, 4) is 11.8 Å². The van der Waals surface area contributed by atoms with Crippen LogP contribution in [-0.4, -0.2) is 22.8 Å². The van der Waals surface area contributed by atoms with Gasteiger partial charge in [0.05, 0.1) is 6.04 Å². The molecular formula is C16H16N2O3. The van der Waals surface area contributed by atoms with Crippen molar-refractivity contribution < 1.29 is 14.4 Å². The number of aliphatic hydroxyl groups is 1. The van der Waals surface area contributed by atoms with Crippen LogP contribution >= 0.6 is 0 Å². The number of carbonyl (C=O) groups excluding carboxylic acids is 1. The first-order valence-electron chi connectivity index (χ1n) is 6.54. The summed E-state index contributed by atoms with van der Waals surface area (Å²) in [6.07, 6.45) is 0. The molecule has 0 saturated carbocycles. The van der Waals surface area contributed by atoms with Crippen LogP contribution in [0.3, 0.4) is 0 Å². The van der Waals surface area contributed by atoms with Crippen molar-refractivity contribution in [3.05, 3.63) is 52.9 Å². The van der Waals surface area contributed by atoms with Gasteiger partial charge in [0.25, 0.3) is 5.91 Å². The Hall–Kier alpha value is -2.58. The lowest BCUT2D eigenvalue weighted by molar-refractivity contribution is 0.0930. The van der Waals surface area contributed by atoms with E-state index in [2.05, 4.69) is 22.3 Å². The van der Waals surface area contributed by atoms with Gasteiger partial charge in [0.1, 0.15) is 12.4 Å². The Morgan fingerprint density at radius 1 is 1.43 bits per heavy atom. The molecule has 0 aliphatic rings. The van der Waals surface area contributed by atoms with Crippen LogP contribution in [-0.2, 0) is 0 Å². The molecule has 0 spiro atoms. The third-order valence-corrected chi connectivity index (χ3v) is 2.93. The Labute approximate surface area is 123 Å². The van der Waals surface area contributed by atoms with Gasteiger partial charge in [-0.3, -0.25) is 4.79 Å². The van der Waals surface area contributed by atoms with Crippen molar-refractivity contribution in [2.45, 2.75) is 19.9 Å². The first kappa shape index (κ1) is 14.8. The Bertz CT molecular complexity index is 678. The van der Waals surface area contributed by atoms with Gasteiger partial charge < -0.3 is 14.9 Å². The molecular weight excluding hydrogens is 268 g/mol. The highest BCUT2D eigenvalue weighted by Gasteiger charge is 2.14. The molecule has 1 aromatic carbocycles. The maximum absolute atomic E-state index is 12.0. The Morgan fingerprint density at radius 2 is 2.14 bits per heavy atom. The van der Waals surface area contributed by atoms with Crippen LogP contribution in [0, 0.1) is 18.8 Å². The van der Waals surface area contributed by atoms with Crippen LogP contribution in [0.25, 0.3) is 0 Å². The number of hydrogen-bond donors (Lipinski definition) is 2. The van der Waals surface area contributed by atoms with Gasteiger partial charge in [0.15, 0.2) is 5.69 Å². The topological polar surface area (TPSA) is 75.4 Å². The van der Waals surface area contributed by atoms with Crippen molar-refractivity contribution >= 4 is 5.91 Å². The minimum Gasteiger partial charge on any atom is -0.384 e. The molecule has 2 aromatic rings. The van der Waals surface area contributed by atoms with Crippen LogP contribution < -0.4 is 5.32 Å². The van der Waals surface area contributed by atoms with Crippen LogP contribution in [0.4, 0.5) is 0 Å². The molecule has 2 rings (SSSR count). The normalized spacial score (nSPS) is 11.4. The average molecular weight is 284 g/mol. The predicted molar refractivity (Wildman–Crippen MR) is 77.5 cm³/mol. The fraction of sp³-hybridized carbons (Fsp3) is 0.250. The number of aryl methyl sites for hydroxylation is 1. The third-order valence-electron chi connectivity index (χ3n) is 2.93. The molecule has 0 aliphatic carbocycles. The number of benzene rings is 1. The van der Waals surface area contributed by atoms with Gasteiger partial charge in [0.2, 0.25) is 0 Å². The largest absolute Gasteiger partial charge is 0.384 e. The zero-order chi connectivity index (χ0) is 15.2. The van der Waals surface area contributed by atoms with Crippen molar-refractivity contribution in [2.24, 2.45) is 0 Å². The molecule has 1 amide bonds. The molecule has 108 valence electrons. The van der Waals surface area contributed by atoms with Gasteiger partial charge in [-0.05, 0) is 31.5 Å². The molecule has 0 radical (unpaired) electrons. The Balaban J connectivity index is 2.03. The molecule has 0 bridgehead atoms. The fourth-order valence-corrected chi connectivity index (χ4v) is 1.82. The highest BCUT2D eigenvalue weighted by Crippen LogP contribution is 2.14. The molecule has 2 N–H and O–H groups in total. The number of aromatic nitrogens is 1. The van der Waals surface area contributed by atoms with E-state index in [4.69, 9.17) is 9.63 Å². The molecule has 0 fully saturated rings. The van der Waals surface area contributed by atoms with Gasteiger partial charge >= 0.3 is 0 Å². The highest BCUT2D eigenvalue weighted by atomic mass is 16.5. The van der Waals surface area contributed by atoms with Crippen molar-refractivity contribution in [1.82, 2.24) is 10.5 Å². The second-order valence-electron chi connectivity index (χ2n) is 4.60. The zero-order valence-electron chi connectivity index (χ0n) is 11.9. The van der Waals surface area contributed by atoms with Crippen LogP contribution in [0.2, 0.25) is 0 Å². The summed E-state index contributed by atoms with van der Waals surface area (Å²) in [4.78, 5) is 12.0. The van der Waals surface area contributed by atoms with E-state index >= 15 is 0 Å². The summed E-state index contributed by atoms with van der Waals surface area (Å²) >= 11 is 0. The maximum atomic E-state index is 12.0. The van der Waals surface area contributed by atoms with Crippen LogP contribution in [0.15, 0.2) is 34.9 Å². The second-order valence-corrected chi connectivity index (χ2v) is 4.60. The van der Waals surface area contributed by atoms with Crippen LogP contribution in [0.5, 0.6) is 0 Å². The van der Waals surface area contributed by atoms with Crippen LogP contribution in [0.1, 0.15) is 40.3 Å². The van der Waals surface area contributed by atoms with E-state index in [1.165, 1.54) is 0 Å². The number of carbonyl (C=O) groups is 1. The van der Waals surface area contributed by atoms with E-state index in [1.807, 2.05) is 31.2 Å². The Morgan fingerprint density at radius 3 is 2.71 bits per heavy atom. The van der Waals surface area contributed by atoms with E-state index in [9.17, 15) is 4.79 Å². The SMILES string of the molecule is Cc1cc(C(=O)NC(C)c2ccc(C#CCO)cc2)no1. The van der Waals surface area contributed by atoms with Gasteiger partial charge in [-0.1, -0.05) is 29.1 Å². The monoisotopic (exact) mass is 284 g/mol. The van der Waals surface area contributed by atoms with Crippen molar-refractivity contribution in [1.29, 1.82) is 0 Å². The lowest BCUT2D eigenvalue weighted by atomic mass is 10.1. The highest BCUT2D eigenvalue weighted by molar-refractivity contribution is 5.92. The molecule has 1 unspecified atom stereocenters. The number of amides is 1. The van der Waals surface area contributed by atoms with Gasteiger partial charge in [0, 0.05) is 11.6 Å². The molecule has 1 atom stereocenters. The summed E-state index contributed by atoms with van der Waals surface area (Å²) in [5, 5.41) is 15.2. The molecule has 0 aliphatic heterocycles. The quantitative estimate of drug-likeness (QED) is 0.843. The standard InChI is InChI=1S/C16H16N2O3/c1-11-10-15(18-21-11)16(20)17-12(2)14-7-5-13(6-8-14)4-3-9-19/h5-8,10,12,19H,9H2,1-2H3,(H,17,20). The summed E-state index contributed by atoms with van der Waals surface area (Å²) in [5.41, 5.74) is 2.04. The molecule has 0 saturated heterocycles. The summed E-state index contributed by atoms with van der Waals surface area (Å²) in [5.74, 6) is 5.73. The summed E-state index contributed by atoms with van der Waals surface area (Å²) < 4.78 is 4.88. The average Bonchev–Trinajstić information content (AvgIpc) is 2.92. The lowest BCUT2D eigenvalue weighted by Crippen LogP contribution is -2.26. The first-order valence-corrected chi connectivity index (χ1v) is 6.54. The smallest absolute Gasteiger partial charge is 0.273 e. The van der Waals surface area contributed by atoms with Gasteiger partial charge in [-0.25, -0.2) is 0 Å². The predicted octanol–water partition coefficient (Wildman–Crippen LogP) is 1.82. The number of hydrogen-bond acceptors (Lipinski definition) is 4. The van der Waals surface area contributed by atoms with E-state index in [1.54, 1.807) is 13.0 Å². The van der Waals surface area contributed by atoms with E-state index in [-0.39, 0.29) is 24.2 Å². The minimum atomic E-state index is -0.275. The van der Waals surface area contributed by atoms with E-state index in [0.717, 1.165) is 11.1 Å². The van der Waals surface area contributed by atoms with Gasteiger partial charge in [-0.2, -0.15) is 0 Å². The zero-order valence-corrected chi connectivity index (χ0v) is 11.9. The lowest BCUT2D eigenvalue weighted by Gasteiger charge is -2.13. The van der Waals surface area contributed by atoms with Gasteiger partial charge in [-0.15, -0.1) is 0 Å². The fourth-order valence-electron chi connectivity index (χ4n) is 1.82. The summed E-state index contributed by atoms with van der Waals surface area (Å²) in [6.45, 7) is 3.46. The summed E-state index contributed by atoms with van der Waals surface area (Å²) in [7, 11) is 0. The Kier molecular flexibility index (Phi) is 4.75. The number of nitrogens with one attached hydrogen (secondary N) is 1. The first-order chi connectivity index (χ1) is 10.1. The third kappa shape index (κ3) is 3.94. The van der Waals surface area contributed by atoms with Crippen molar-refractivity contribution in [3.63, 3.8) is 0 Å². The maximum Gasteiger partial charge on any atom is 0.273 e. The summed E-state index contributed by atoms with van der Waals surface area (Å²) in [6, 6.07) is 8.91. The molecule has 1 aromatic heterocycles. The number of aliphatic hydroxyl groups excluding tert-OH is 1. The number of rotatable bonds is 3. The number of nitrogens with zero attached hydrogens (tertiary/aromatic N) is 1. The second kappa shape index (κ2) is 6.73. The molecule has 5 nitrogen and oxygen atoms in total.